The van der Waals surface area contributed by atoms with Crippen molar-refractivity contribution in [2.45, 2.75) is 30.7 Å². The highest BCUT2D eigenvalue weighted by Crippen LogP contribution is 2.35. The fourth-order valence-corrected chi connectivity index (χ4v) is 2.74. The van der Waals surface area contributed by atoms with Crippen molar-refractivity contribution in [3.8, 4) is 6.07 Å². The average molecular weight is 257 g/mol. The Labute approximate surface area is 116 Å². The molecule has 1 aromatic carbocycles. The van der Waals surface area contributed by atoms with Gasteiger partial charge in [-0.3, -0.25) is 0 Å². The molecule has 1 fully saturated rings. The molecule has 0 radical (unpaired) electrons. The molecule has 1 aromatic rings. The second-order valence-corrected chi connectivity index (χ2v) is 5.70. The quantitative estimate of drug-likeness (QED) is 0.850. The Bertz CT molecular complexity index is 429. The van der Waals surface area contributed by atoms with Gasteiger partial charge < -0.3 is 10.2 Å². The van der Waals surface area contributed by atoms with Crippen molar-refractivity contribution in [3.63, 3.8) is 0 Å². The molecule has 0 aromatic heterocycles. The molecule has 3 nitrogen and oxygen atoms in total. The lowest BCUT2D eigenvalue weighted by molar-refractivity contribution is 0.0602. The third-order valence-electron chi connectivity index (χ3n) is 4.39. The molecular formula is C16H23N3. The maximum atomic E-state index is 9.29. The molecule has 3 heteroatoms. The summed E-state index contributed by atoms with van der Waals surface area (Å²) < 4.78 is 0. The molecule has 0 aliphatic heterocycles. The van der Waals surface area contributed by atoms with Crippen molar-refractivity contribution >= 4 is 0 Å². The zero-order valence-corrected chi connectivity index (χ0v) is 11.9. The Morgan fingerprint density at radius 1 is 1.32 bits per heavy atom. The predicted octanol–water partition coefficient (Wildman–Crippen LogP) is 2.37. The third-order valence-corrected chi connectivity index (χ3v) is 4.39. The maximum Gasteiger partial charge on any atom is 0.0837 e. The van der Waals surface area contributed by atoms with E-state index in [2.05, 4.69) is 30.4 Å². The van der Waals surface area contributed by atoms with Crippen LogP contribution in [0.4, 0.5) is 0 Å². The van der Waals surface area contributed by atoms with Gasteiger partial charge in [0.1, 0.15) is 0 Å². The van der Waals surface area contributed by atoms with Gasteiger partial charge in [0.15, 0.2) is 0 Å². The first-order valence-electron chi connectivity index (χ1n) is 7.01. The Morgan fingerprint density at radius 2 is 2.00 bits per heavy atom. The fraction of sp³-hybridized carbons (Fsp3) is 0.562. The number of likely N-dealkylation sites (N-methyl/N-ethyl adjacent to an activating group) is 1. The molecule has 0 bridgehead atoms. The van der Waals surface area contributed by atoms with Gasteiger partial charge in [-0.05, 0) is 38.9 Å². The van der Waals surface area contributed by atoms with E-state index >= 15 is 0 Å². The molecule has 1 saturated carbocycles. The van der Waals surface area contributed by atoms with Gasteiger partial charge in [0.05, 0.1) is 12.0 Å². The molecule has 1 atom stereocenters. The Morgan fingerprint density at radius 3 is 2.47 bits per heavy atom. The van der Waals surface area contributed by atoms with E-state index in [1.807, 2.05) is 30.3 Å². The zero-order chi connectivity index (χ0) is 13.7. The number of rotatable bonds is 6. The summed E-state index contributed by atoms with van der Waals surface area (Å²) in [5.41, 5.74) is 1.42. The van der Waals surface area contributed by atoms with E-state index in [1.165, 1.54) is 19.3 Å². The molecular weight excluding hydrogens is 234 g/mol. The molecule has 1 aliphatic carbocycles. The monoisotopic (exact) mass is 257 g/mol. The number of hydrogen-bond donors (Lipinski definition) is 1. The van der Waals surface area contributed by atoms with Crippen LogP contribution in [0.25, 0.3) is 0 Å². The van der Waals surface area contributed by atoms with Crippen LogP contribution in [0.15, 0.2) is 30.3 Å². The minimum Gasteiger partial charge on any atom is -0.313 e. The van der Waals surface area contributed by atoms with Gasteiger partial charge in [-0.2, -0.15) is 5.26 Å². The molecule has 0 heterocycles. The number of hydrogen-bond acceptors (Lipinski definition) is 3. The second kappa shape index (κ2) is 6.18. The van der Waals surface area contributed by atoms with Gasteiger partial charge >= 0.3 is 0 Å². The molecule has 102 valence electrons. The lowest BCUT2D eigenvalue weighted by Crippen LogP contribution is -2.56. The Balaban J connectivity index is 1.86. The van der Waals surface area contributed by atoms with Crippen molar-refractivity contribution < 1.29 is 0 Å². The minimum absolute atomic E-state index is 0.0551. The molecule has 1 unspecified atom stereocenters. The highest BCUT2D eigenvalue weighted by atomic mass is 15.2. The normalized spacial score (nSPS) is 18.6. The lowest BCUT2D eigenvalue weighted by atomic mass is 9.75. The Kier molecular flexibility index (Phi) is 4.57. The summed E-state index contributed by atoms with van der Waals surface area (Å²) in [5, 5.41) is 12.8. The summed E-state index contributed by atoms with van der Waals surface area (Å²) in [7, 11) is 4.31. The van der Waals surface area contributed by atoms with Crippen molar-refractivity contribution in [2.75, 3.05) is 27.2 Å². The van der Waals surface area contributed by atoms with E-state index in [0.29, 0.717) is 5.54 Å². The van der Waals surface area contributed by atoms with Gasteiger partial charge in [0.2, 0.25) is 0 Å². The van der Waals surface area contributed by atoms with Crippen LogP contribution in [-0.2, 0) is 0 Å². The molecule has 1 N–H and O–H groups in total. The van der Waals surface area contributed by atoms with Crippen molar-refractivity contribution in [2.24, 2.45) is 0 Å². The lowest BCUT2D eigenvalue weighted by Gasteiger charge is -2.47. The second-order valence-electron chi connectivity index (χ2n) is 5.70. The van der Waals surface area contributed by atoms with Crippen LogP contribution in [0.3, 0.4) is 0 Å². The summed E-state index contributed by atoms with van der Waals surface area (Å²) in [6.07, 6.45) is 3.84. The third kappa shape index (κ3) is 3.15. The summed E-state index contributed by atoms with van der Waals surface area (Å²) in [6, 6.07) is 12.4. The highest BCUT2D eigenvalue weighted by Gasteiger charge is 2.38. The van der Waals surface area contributed by atoms with Crippen LogP contribution in [0, 0.1) is 11.3 Å². The topological polar surface area (TPSA) is 39.1 Å². The number of benzene rings is 1. The molecule has 0 saturated heterocycles. The number of nitrogens with one attached hydrogen (secondary N) is 1. The first kappa shape index (κ1) is 14.0. The summed E-state index contributed by atoms with van der Waals surface area (Å²) in [4.78, 5) is 2.33. The standard InChI is InChI=1S/C16H23N3/c1-19(2)16(9-6-10-16)13-18-12-15(11-17)14-7-4-3-5-8-14/h3-5,7-8,15,18H,6,9-10,12-13H2,1-2H3. The van der Waals surface area contributed by atoms with Crippen LogP contribution in [0.2, 0.25) is 0 Å². The number of nitrogens with zero attached hydrogens (tertiary/aromatic N) is 2. The number of nitriles is 1. The van der Waals surface area contributed by atoms with Gasteiger partial charge in [0.25, 0.3) is 0 Å². The molecule has 2 rings (SSSR count). The van der Waals surface area contributed by atoms with Gasteiger partial charge in [0, 0.05) is 18.6 Å². The highest BCUT2D eigenvalue weighted by molar-refractivity contribution is 5.25. The summed E-state index contributed by atoms with van der Waals surface area (Å²) >= 11 is 0. The first-order valence-corrected chi connectivity index (χ1v) is 7.01. The van der Waals surface area contributed by atoms with Crippen molar-refractivity contribution in [3.05, 3.63) is 35.9 Å². The summed E-state index contributed by atoms with van der Waals surface area (Å²) in [6.45, 7) is 1.71. The van der Waals surface area contributed by atoms with E-state index in [9.17, 15) is 5.26 Å². The molecule has 0 spiro atoms. The first-order chi connectivity index (χ1) is 9.18. The van der Waals surface area contributed by atoms with Crippen LogP contribution >= 0.6 is 0 Å². The SMILES string of the molecule is CN(C)C1(CNCC(C#N)c2ccccc2)CCC1. The Hall–Kier alpha value is -1.37. The minimum atomic E-state index is -0.0551. The maximum absolute atomic E-state index is 9.29. The molecule has 19 heavy (non-hydrogen) atoms. The van der Waals surface area contributed by atoms with E-state index in [-0.39, 0.29) is 5.92 Å². The van der Waals surface area contributed by atoms with E-state index in [4.69, 9.17) is 0 Å². The predicted molar refractivity (Wildman–Crippen MR) is 77.9 cm³/mol. The molecule has 0 amide bonds. The smallest absolute Gasteiger partial charge is 0.0837 e. The van der Waals surface area contributed by atoms with Crippen molar-refractivity contribution in [1.82, 2.24) is 10.2 Å². The van der Waals surface area contributed by atoms with Crippen LogP contribution in [-0.4, -0.2) is 37.6 Å². The average Bonchev–Trinajstić information content (AvgIpc) is 2.37. The van der Waals surface area contributed by atoms with E-state index < -0.39 is 0 Å². The fourth-order valence-electron chi connectivity index (χ4n) is 2.74. The van der Waals surface area contributed by atoms with E-state index in [1.54, 1.807) is 0 Å². The molecule has 1 aliphatic rings. The van der Waals surface area contributed by atoms with Crippen molar-refractivity contribution in [1.29, 1.82) is 5.26 Å². The van der Waals surface area contributed by atoms with Gasteiger partial charge in [-0.15, -0.1) is 0 Å². The largest absolute Gasteiger partial charge is 0.313 e. The van der Waals surface area contributed by atoms with Crippen LogP contribution < -0.4 is 5.32 Å². The summed E-state index contributed by atoms with van der Waals surface area (Å²) in [5.74, 6) is -0.0551. The van der Waals surface area contributed by atoms with Gasteiger partial charge in [-0.25, -0.2) is 0 Å². The van der Waals surface area contributed by atoms with E-state index in [0.717, 1.165) is 18.7 Å². The van der Waals surface area contributed by atoms with Crippen LogP contribution in [0.1, 0.15) is 30.7 Å². The van der Waals surface area contributed by atoms with Crippen LogP contribution in [0.5, 0.6) is 0 Å². The van der Waals surface area contributed by atoms with Gasteiger partial charge in [-0.1, -0.05) is 30.3 Å². The zero-order valence-electron chi connectivity index (χ0n) is 11.9.